The van der Waals surface area contributed by atoms with E-state index in [4.69, 9.17) is 0 Å². The van der Waals surface area contributed by atoms with Crippen molar-refractivity contribution in [3.63, 3.8) is 0 Å². The molecular weight excluding hydrogens is 197 g/mol. The summed E-state index contributed by atoms with van der Waals surface area (Å²) in [5.74, 6) is -3.86. The number of alkyl halides is 5. The van der Waals surface area contributed by atoms with Gasteiger partial charge in [0.05, 0.1) is 6.54 Å². The maximum Gasteiger partial charge on any atom is 0.394 e. The van der Waals surface area contributed by atoms with Crippen molar-refractivity contribution in [2.75, 3.05) is 6.54 Å². The highest BCUT2D eigenvalue weighted by molar-refractivity contribution is 5.32. The molecular formula is C6H6F5NO. The van der Waals surface area contributed by atoms with Crippen LogP contribution < -0.4 is 0 Å². The number of hydrogen-bond donors (Lipinski definition) is 0. The molecule has 0 bridgehead atoms. The van der Waals surface area contributed by atoms with E-state index in [1.54, 1.807) is 0 Å². The monoisotopic (exact) mass is 203 g/mol. The highest BCUT2D eigenvalue weighted by atomic mass is 19.4. The first-order chi connectivity index (χ1) is 5.77. The SMILES string of the molecule is O=C=NCCC(F)(F)CC(F)(F)F. The van der Waals surface area contributed by atoms with Crippen molar-refractivity contribution in [1.29, 1.82) is 0 Å². The maximum absolute atomic E-state index is 12.3. The summed E-state index contributed by atoms with van der Waals surface area (Å²) < 4.78 is 59.1. The van der Waals surface area contributed by atoms with Crippen molar-refractivity contribution in [3.8, 4) is 0 Å². The fourth-order valence-electron chi connectivity index (χ4n) is 0.647. The van der Waals surface area contributed by atoms with E-state index >= 15 is 0 Å². The Morgan fingerprint density at radius 1 is 1.15 bits per heavy atom. The highest BCUT2D eigenvalue weighted by Crippen LogP contribution is 2.33. The number of hydrogen-bond acceptors (Lipinski definition) is 2. The van der Waals surface area contributed by atoms with Gasteiger partial charge < -0.3 is 0 Å². The lowest BCUT2D eigenvalue weighted by molar-refractivity contribution is -0.188. The van der Waals surface area contributed by atoms with Crippen LogP contribution in [-0.2, 0) is 4.79 Å². The molecule has 0 saturated carbocycles. The van der Waals surface area contributed by atoms with E-state index in [2.05, 4.69) is 4.99 Å². The minimum Gasteiger partial charge on any atom is -0.211 e. The van der Waals surface area contributed by atoms with Gasteiger partial charge in [-0.25, -0.2) is 18.6 Å². The first kappa shape index (κ1) is 12.0. The van der Waals surface area contributed by atoms with E-state index in [-0.39, 0.29) is 0 Å². The summed E-state index contributed by atoms with van der Waals surface area (Å²) in [5, 5.41) is 0. The van der Waals surface area contributed by atoms with Gasteiger partial charge in [-0.1, -0.05) is 0 Å². The number of aliphatic imine (C=N–C) groups is 1. The van der Waals surface area contributed by atoms with Gasteiger partial charge in [0.15, 0.2) is 0 Å². The van der Waals surface area contributed by atoms with E-state index < -0.39 is 31.5 Å². The summed E-state index contributed by atoms with van der Waals surface area (Å²) in [6.45, 7) is -0.646. The molecule has 0 unspecified atom stereocenters. The highest BCUT2D eigenvalue weighted by Gasteiger charge is 2.42. The van der Waals surface area contributed by atoms with Crippen molar-refractivity contribution in [3.05, 3.63) is 0 Å². The Balaban J connectivity index is 4.00. The Labute approximate surface area is 70.4 Å². The number of isocyanates is 1. The summed E-state index contributed by atoms with van der Waals surface area (Å²) in [5.41, 5.74) is 0. The normalized spacial score (nSPS) is 12.4. The van der Waals surface area contributed by atoms with Gasteiger partial charge in [0.25, 0.3) is 5.92 Å². The Bertz CT molecular complexity index is 206. The molecule has 0 aliphatic carbocycles. The maximum atomic E-state index is 12.3. The van der Waals surface area contributed by atoms with Gasteiger partial charge in [-0.2, -0.15) is 13.2 Å². The molecule has 0 atom stereocenters. The minimum atomic E-state index is -4.91. The van der Waals surface area contributed by atoms with Crippen molar-refractivity contribution >= 4 is 6.08 Å². The summed E-state index contributed by atoms with van der Waals surface area (Å²) >= 11 is 0. The van der Waals surface area contributed by atoms with E-state index in [0.717, 1.165) is 6.08 Å². The molecule has 0 rings (SSSR count). The molecule has 0 amide bonds. The second kappa shape index (κ2) is 4.32. The second-order valence-electron chi connectivity index (χ2n) is 2.37. The van der Waals surface area contributed by atoms with Gasteiger partial charge in [0.1, 0.15) is 6.42 Å². The fraction of sp³-hybridized carbons (Fsp3) is 0.833. The Kier molecular flexibility index (Phi) is 4.00. The summed E-state index contributed by atoms with van der Waals surface area (Å²) in [6.07, 6.45) is -7.23. The third kappa shape index (κ3) is 7.39. The largest absolute Gasteiger partial charge is 0.394 e. The number of nitrogens with zero attached hydrogens (tertiary/aromatic N) is 1. The fourth-order valence-corrected chi connectivity index (χ4v) is 0.647. The minimum absolute atomic E-state index is 0.646. The summed E-state index contributed by atoms with van der Waals surface area (Å²) in [7, 11) is 0. The molecule has 0 spiro atoms. The molecule has 13 heavy (non-hydrogen) atoms. The van der Waals surface area contributed by atoms with Crippen LogP contribution in [0.3, 0.4) is 0 Å². The predicted molar refractivity (Wildman–Crippen MR) is 33.2 cm³/mol. The quantitative estimate of drug-likeness (QED) is 0.391. The van der Waals surface area contributed by atoms with Gasteiger partial charge in [-0.05, 0) is 0 Å². The van der Waals surface area contributed by atoms with Crippen LogP contribution in [0.1, 0.15) is 12.8 Å². The molecule has 0 aliphatic heterocycles. The summed E-state index contributed by atoms with van der Waals surface area (Å²) in [6, 6.07) is 0. The van der Waals surface area contributed by atoms with Crippen LogP contribution in [0.4, 0.5) is 22.0 Å². The Hall–Kier alpha value is -0.970. The average molecular weight is 203 g/mol. The topological polar surface area (TPSA) is 29.4 Å². The Morgan fingerprint density at radius 2 is 1.69 bits per heavy atom. The summed E-state index contributed by atoms with van der Waals surface area (Å²) in [4.78, 5) is 12.2. The average Bonchev–Trinajstić information content (AvgIpc) is 1.81. The van der Waals surface area contributed by atoms with Crippen LogP contribution in [0.25, 0.3) is 0 Å². The van der Waals surface area contributed by atoms with Crippen LogP contribution in [0.2, 0.25) is 0 Å². The Morgan fingerprint density at radius 3 is 2.08 bits per heavy atom. The van der Waals surface area contributed by atoms with Gasteiger partial charge >= 0.3 is 6.18 Å². The number of rotatable bonds is 4. The third-order valence-corrected chi connectivity index (χ3v) is 1.11. The van der Waals surface area contributed by atoms with E-state index in [1.165, 1.54) is 0 Å². The zero-order chi connectivity index (χ0) is 10.5. The molecule has 2 nitrogen and oxygen atoms in total. The molecule has 0 heterocycles. The van der Waals surface area contributed by atoms with Gasteiger partial charge in [-0.15, -0.1) is 0 Å². The van der Waals surface area contributed by atoms with Crippen LogP contribution in [0, 0.1) is 0 Å². The van der Waals surface area contributed by atoms with Gasteiger partial charge in [-0.3, -0.25) is 0 Å². The van der Waals surface area contributed by atoms with Gasteiger partial charge in [0, 0.05) is 6.42 Å². The van der Waals surface area contributed by atoms with Crippen molar-refractivity contribution < 1.29 is 26.7 Å². The molecule has 7 heteroatoms. The number of carbonyl (C=O) groups excluding carboxylic acids is 1. The third-order valence-electron chi connectivity index (χ3n) is 1.11. The molecule has 0 aromatic carbocycles. The molecule has 0 aromatic heterocycles. The second-order valence-corrected chi connectivity index (χ2v) is 2.37. The first-order valence-corrected chi connectivity index (χ1v) is 3.25. The zero-order valence-corrected chi connectivity index (χ0v) is 6.37. The van der Waals surface area contributed by atoms with Crippen LogP contribution >= 0.6 is 0 Å². The zero-order valence-electron chi connectivity index (χ0n) is 6.37. The van der Waals surface area contributed by atoms with Crippen LogP contribution in [-0.4, -0.2) is 24.7 Å². The lowest BCUT2D eigenvalue weighted by atomic mass is 10.1. The lowest BCUT2D eigenvalue weighted by Crippen LogP contribution is -2.26. The van der Waals surface area contributed by atoms with Crippen LogP contribution in [0.15, 0.2) is 4.99 Å². The molecule has 0 radical (unpaired) electrons. The van der Waals surface area contributed by atoms with E-state index in [0.29, 0.717) is 0 Å². The first-order valence-electron chi connectivity index (χ1n) is 3.25. The molecule has 0 saturated heterocycles. The van der Waals surface area contributed by atoms with Crippen molar-refractivity contribution in [2.45, 2.75) is 24.9 Å². The van der Waals surface area contributed by atoms with E-state index in [1.807, 2.05) is 0 Å². The van der Waals surface area contributed by atoms with Crippen LogP contribution in [0.5, 0.6) is 0 Å². The van der Waals surface area contributed by atoms with Gasteiger partial charge in [0.2, 0.25) is 6.08 Å². The molecule has 0 aromatic rings. The molecule has 0 N–H and O–H groups in total. The molecule has 0 aliphatic rings. The number of halogens is 5. The van der Waals surface area contributed by atoms with Crippen molar-refractivity contribution in [1.82, 2.24) is 0 Å². The van der Waals surface area contributed by atoms with E-state index in [9.17, 15) is 26.7 Å². The molecule has 0 fully saturated rings. The smallest absolute Gasteiger partial charge is 0.211 e. The predicted octanol–water partition coefficient (Wildman–Crippen LogP) is 2.30. The van der Waals surface area contributed by atoms with Crippen molar-refractivity contribution in [2.24, 2.45) is 4.99 Å². The molecule has 76 valence electrons. The lowest BCUT2D eigenvalue weighted by Gasteiger charge is -2.16. The standard InChI is InChI=1S/C6H6F5NO/c7-5(8,1-2-12-4-13)3-6(9,10)11/h1-3H2.